The van der Waals surface area contributed by atoms with Gasteiger partial charge in [0.05, 0.1) is 0 Å². The van der Waals surface area contributed by atoms with E-state index in [1.54, 1.807) is 0 Å². The van der Waals surface area contributed by atoms with Gasteiger partial charge in [0.15, 0.2) is 0 Å². The number of hydrogen-bond acceptors (Lipinski definition) is 1. The Morgan fingerprint density at radius 2 is 1.64 bits per heavy atom. The lowest BCUT2D eigenvalue weighted by molar-refractivity contribution is 0.460. The van der Waals surface area contributed by atoms with Crippen molar-refractivity contribution in [3.63, 3.8) is 0 Å². The Bertz CT molecular complexity index is 335. The van der Waals surface area contributed by atoms with Crippen LogP contribution in [0.15, 0.2) is 12.1 Å². The van der Waals surface area contributed by atoms with Gasteiger partial charge in [-0.05, 0) is 55.4 Å². The van der Waals surface area contributed by atoms with Crippen molar-refractivity contribution in [1.82, 2.24) is 0 Å². The third kappa shape index (κ3) is 1.63. The summed E-state index contributed by atoms with van der Waals surface area (Å²) < 4.78 is 0. The molecule has 1 nitrogen and oxygen atoms in total. The molecule has 0 atom stereocenters. The maximum Gasteiger partial charge on any atom is 0.119 e. The van der Waals surface area contributed by atoms with Gasteiger partial charge in [-0.1, -0.05) is 18.9 Å². The normalized spacial score (nSPS) is 17.6. The van der Waals surface area contributed by atoms with Crippen LogP contribution in [0.3, 0.4) is 0 Å². The van der Waals surface area contributed by atoms with Crippen LogP contribution in [0.2, 0.25) is 0 Å². The van der Waals surface area contributed by atoms with E-state index < -0.39 is 0 Å². The van der Waals surface area contributed by atoms with Crippen molar-refractivity contribution in [3.05, 3.63) is 28.8 Å². The number of phenolic OH excluding ortho intramolecular Hbond substituents is 1. The second-order valence-electron chi connectivity index (χ2n) is 4.48. The highest BCUT2D eigenvalue weighted by atomic mass is 16.3. The molecular weight excluding hydrogens is 172 g/mol. The van der Waals surface area contributed by atoms with E-state index in [-0.39, 0.29) is 0 Å². The Morgan fingerprint density at radius 1 is 1.07 bits per heavy atom. The second kappa shape index (κ2) is 3.64. The van der Waals surface area contributed by atoms with Crippen LogP contribution < -0.4 is 0 Å². The van der Waals surface area contributed by atoms with E-state index in [1.807, 2.05) is 13.0 Å². The van der Waals surface area contributed by atoms with Crippen molar-refractivity contribution in [1.29, 1.82) is 0 Å². The number of rotatable bonds is 1. The molecule has 1 heteroatoms. The Morgan fingerprint density at radius 3 is 2.29 bits per heavy atom. The highest BCUT2D eigenvalue weighted by molar-refractivity contribution is 5.43. The molecule has 76 valence electrons. The van der Waals surface area contributed by atoms with Gasteiger partial charge in [0, 0.05) is 0 Å². The predicted molar refractivity (Wildman–Crippen MR) is 58.8 cm³/mol. The van der Waals surface area contributed by atoms with E-state index in [0.717, 1.165) is 0 Å². The smallest absolute Gasteiger partial charge is 0.119 e. The van der Waals surface area contributed by atoms with Crippen molar-refractivity contribution >= 4 is 0 Å². The van der Waals surface area contributed by atoms with Crippen LogP contribution in [0.4, 0.5) is 0 Å². The van der Waals surface area contributed by atoms with Gasteiger partial charge in [0.25, 0.3) is 0 Å². The lowest BCUT2D eigenvalue weighted by Crippen LogP contribution is -1.95. The summed E-state index contributed by atoms with van der Waals surface area (Å²) in [5.41, 5.74) is 3.65. The van der Waals surface area contributed by atoms with Gasteiger partial charge in [-0.2, -0.15) is 0 Å². The first-order valence-corrected chi connectivity index (χ1v) is 5.48. The molecule has 1 fully saturated rings. The molecule has 1 aromatic carbocycles. The number of hydrogen-bond donors (Lipinski definition) is 1. The summed E-state index contributed by atoms with van der Waals surface area (Å²) in [7, 11) is 0. The highest BCUT2D eigenvalue weighted by Gasteiger charge is 2.20. The second-order valence-corrected chi connectivity index (χ2v) is 4.48. The maximum absolute atomic E-state index is 9.88. The summed E-state index contributed by atoms with van der Waals surface area (Å²) in [4.78, 5) is 0. The van der Waals surface area contributed by atoms with Gasteiger partial charge in [0.2, 0.25) is 0 Å². The van der Waals surface area contributed by atoms with Crippen LogP contribution in [0.5, 0.6) is 5.75 Å². The van der Waals surface area contributed by atoms with Gasteiger partial charge in [0.1, 0.15) is 5.75 Å². The number of aromatic hydroxyl groups is 1. The summed E-state index contributed by atoms with van der Waals surface area (Å²) in [5.74, 6) is 1.11. The fraction of sp³-hybridized carbons (Fsp3) is 0.538. The molecule has 1 aliphatic carbocycles. The molecule has 1 aromatic rings. The molecule has 0 aliphatic heterocycles. The van der Waals surface area contributed by atoms with Gasteiger partial charge in [-0.3, -0.25) is 0 Å². The molecule has 0 saturated heterocycles. The minimum Gasteiger partial charge on any atom is -0.508 e. The molecule has 0 aromatic heterocycles. The summed E-state index contributed by atoms with van der Waals surface area (Å²) in [6.07, 6.45) is 5.13. The Labute approximate surface area is 85.8 Å². The Hall–Kier alpha value is -0.980. The van der Waals surface area contributed by atoms with Crippen LogP contribution in [0.25, 0.3) is 0 Å². The highest BCUT2D eigenvalue weighted by Crippen LogP contribution is 2.39. The van der Waals surface area contributed by atoms with Crippen molar-refractivity contribution in [2.45, 2.75) is 45.4 Å². The van der Waals surface area contributed by atoms with Gasteiger partial charge in [-0.15, -0.1) is 0 Å². The zero-order chi connectivity index (χ0) is 10.1. The largest absolute Gasteiger partial charge is 0.508 e. The zero-order valence-electron chi connectivity index (χ0n) is 9.01. The first-order valence-electron chi connectivity index (χ1n) is 5.48. The number of benzene rings is 1. The lowest BCUT2D eigenvalue weighted by Gasteiger charge is -2.13. The fourth-order valence-electron chi connectivity index (χ4n) is 2.39. The quantitative estimate of drug-likeness (QED) is 0.716. The van der Waals surface area contributed by atoms with E-state index in [0.29, 0.717) is 11.7 Å². The molecule has 2 rings (SSSR count). The maximum atomic E-state index is 9.88. The van der Waals surface area contributed by atoms with Gasteiger partial charge < -0.3 is 5.11 Å². The average Bonchev–Trinajstić information content (AvgIpc) is 2.64. The Kier molecular flexibility index (Phi) is 2.49. The monoisotopic (exact) mass is 190 g/mol. The SMILES string of the molecule is Cc1cc(O)c(C2CCCC2)cc1C. The minimum atomic E-state index is 0.500. The molecule has 0 heterocycles. The molecule has 14 heavy (non-hydrogen) atoms. The molecule has 0 spiro atoms. The van der Waals surface area contributed by atoms with Gasteiger partial charge >= 0.3 is 0 Å². The van der Waals surface area contributed by atoms with E-state index >= 15 is 0 Å². The number of phenols is 1. The van der Waals surface area contributed by atoms with Crippen LogP contribution in [-0.4, -0.2) is 5.11 Å². The van der Waals surface area contributed by atoms with Crippen molar-refractivity contribution in [2.24, 2.45) is 0 Å². The summed E-state index contributed by atoms with van der Waals surface area (Å²) in [6, 6.07) is 4.07. The summed E-state index contributed by atoms with van der Waals surface area (Å²) >= 11 is 0. The molecule has 1 N–H and O–H groups in total. The van der Waals surface area contributed by atoms with Crippen LogP contribution in [0.1, 0.15) is 48.3 Å². The fourth-order valence-corrected chi connectivity index (χ4v) is 2.39. The zero-order valence-corrected chi connectivity index (χ0v) is 9.01. The molecule has 0 bridgehead atoms. The van der Waals surface area contributed by atoms with Crippen molar-refractivity contribution in [3.8, 4) is 5.75 Å². The van der Waals surface area contributed by atoms with Crippen molar-refractivity contribution in [2.75, 3.05) is 0 Å². The first kappa shape index (κ1) is 9.57. The minimum absolute atomic E-state index is 0.500. The predicted octanol–water partition coefficient (Wildman–Crippen LogP) is 3.67. The van der Waals surface area contributed by atoms with E-state index in [1.165, 1.54) is 42.4 Å². The van der Waals surface area contributed by atoms with Crippen LogP contribution in [0, 0.1) is 13.8 Å². The van der Waals surface area contributed by atoms with Crippen molar-refractivity contribution < 1.29 is 5.11 Å². The van der Waals surface area contributed by atoms with Crippen LogP contribution in [-0.2, 0) is 0 Å². The number of aryl methyl sites for hydroxylation is 2. The summed E-state index contributed by atoms with van der Waals surface area (Å²) in [6.45, 7) is 4.17. The topological polar surface area (TPSA) is 20.2 Å². The molecule has 0 amide bonds. The molecule has 1 aliphatic rings. The molecule has 1 saturated carbocycles. The standard InChI is InChI=1S/C13H18O/c1-9-7-12(11-5-3-4-6-11)13(14)8-10(9)2/h7-8,11,14H,3-6H2,1-2H3. The first-order chi connectivity index (χ1) is 6.68. The van der Waals surface area contributed by atoms with Gasteiger partial charge in [-0.25, -0.2) is 0 Å². The van der Waals surface area contributed by atoms with E-state index in [2.05, 4.69) is 13.0 Å². The third-order valence-electron chi connectivity index (χ3n) is 3.44. The summed E-state index contributed by atoms with van der Waals surface area (Å²) in [5, 5.41) is 9.88. The van der Waals surface area contributed by atoms with Crippen LogP contribution >= 0.6 is 0 Å². The molecular formula is C13H18O. The molecule has 0 radical (unpaired) electrons. The van der Waals surface area contributed by atoms with E-state index in [9.17, 15) is 5.11 Å². The molecule has 0 unspecified atom stereocenters. The van der Waals surface area contributed by atoms with E-state index in [4.69, 9.17) is 0 Å². The average molecular weight is 190 g/mol. The lowest BCUT2D eigenvalue weighted by atomic mass is 9.93. The Balaban J connectivity index is 2.37. The third-order valence-corrected chi connectivity index (χ3v) is 3.44.